The maximum atomic E-state index is 17.3. The molecule has 9 aliphatic heterocycles. The molecule has 9 aliphatic rings. The zero-order valence-electron chi connectivity index (χ0n) is 78.1. The zero-order chi connectivity index (χ0) is 105. The molecule has 20 rings (SSSR count). The van der Waals surface area contributed by atoms with E-state index in [2.05, 4.69) is 47.9 Å². The van der Waals surface area contributed by atoms with Crippen LogP contribution in [0.15, 0.2) is 224 Å². The van der Waals surface area contributed by atoms with Gasteiger partial charge >= 0.3 is 5.97 Å². The Kier molecular flexibility index (Phi) is 31.0. The minimum atomic E-state index is -2.60. The standard InChI is InChI=1S/C104H99Cl2N9O34/c1-45(119)109-84-90(128)87(125)75(43-117)146-103(84)148-93-51-19-27-69(64(106)33-51)143-73-36-53-35-72(94(73)149-102-83(89(127)86(124)74(42-116)145-102)108-41-47-14-22-59(23-15-47)140-57-10-6-3-7-11-57)142-68-26-16-48(28-63(68)105)29-65-95(131)111-80(52-30-54(120)37-60(31-52)141-70-34-50(18-25-67(70)123)78(96(132)110-65)107-40-46-12-20-58(21-13-46)139-56-8-4-2-5-9-56)98(134)113-81(53)99(135)112-79-49-17-24-66(122)61(32-49)77-62(82(101(137)138)114-100(136)85(93)115-97(79)133)38-55(121)39-71(77)144-104-92(130)91(129)88(126)76(44-118)147-104/h2-28,30-39,65,74-76,78-93,102-104,107-108,116-118,120-130H,29,40-44H2,1H3,(H,109,119)(H,110,132)(H,111,131)(H,112,135)(H,113,134)(H,114,136)(H,115,133)(H,137,138)/t65-,74-,75-,76-,78-,79-,80+,81-,82+,83-,84-,85+,86-,87-,88-,89-,90-,91+,92+,93-,102+,103+,104+/m1/s1. The molecule has 0 unspecified atom stereocenters. The number of phenolic OH excluding ortho intramolecular Hbond substituents is 4. The van der Waals surface area contributed by atoms with Crippen LogP contribution >= 0.6 is 23.2 Å². The van der Waals surface area contributed by atoms with E-state index >= 15 is 28.8 Å². The quantitative estimate of drug-likeness (QED) is 0.0444. The summed E-state index contributed by atoms with van der Waals surface area (Å²) in [6.45, 7) is -2.35. The summed E-state index contributed by atoms with van der Waals surface area (Å²) in [5.41, 5.74) is -2.47. The largest absolute Gasteiger partial charge is 0.508 e. The lowest BCUT2D eigenvalue weighted by molar-refractivity contribution is -0.284. The number of aliphatic carboxylic acids is 1. The highest BCUT2D eigenvalue weighted by Gasteiger charge is 2.52. The molecule has 149 heavy (non-hydrogen) atoms. The highest BCUT2D eigenvalue weighted by Crippen LogP contribution is 2.52. The van der Waals surface area contributed by atoms with Gasteiger partial charge < -0.3 is 171 Å². The van der Waals surface area contributed by atoms with E-state index in [-0.39, 0.29) is 52.1 Å². The Hall–Kier alpha value is -15.1. The van der Waals surface area contributed by atoms with Gasteiger partial charge in [-0.3, -0.25) is 38.9 Å². The molecule has 3 saturated heterocycles. The van der Waals surface area contributed by atoms with E-state index in [9.17, 15) is 86.2 Å². The van der Waals surface area contributed by atoms with Crippen molar-refractivity contribution in [2.24, 2.45) is 0 Å². The fourth-order valence-corrected chi connectivity index (χ4v) is 18.8. The number of carboxylic acid groups (broad SMARTS) is 1. The number of fused-ring (bicyclic) bond motifs is 14. The Morgan fingerprint density at radius 3 is 1.54 bits per heavy atom. The minimum Gasteiger partial charge on any atom is -0.508 e. The second-order valence-electron chi connectivity index (χ2n) is 36.1. The lowest BCUT2D eigenvalue weighted by Crippen LogP contribution is -2.65. The predicted molar refractivity (Wildman–Crippen MR) is 518 cm³/mol. The fraction of sp³-hybridized carbons (Fsp3) is 0.288. The third-order valence-electron chi connectivity index (χ3n) is 25.9. The normalized spacial score (nSPS) is 26.8. The lowest BCUT2D eigenvalue weighted by atomic mass is 9.89. The molecule has 9 heterocycles. The summed E-state index contributed by atoms with van der Waals surface area (Å²) in [5, 5.41) is 197. The first-order valence-corrected chi connectivity index (χ1v) is 47.5. The maximum Gasteiger partial charge on any atom is 0.330 e. The molecule has 0 spiro atoms. The number of nitrogens with one attached hydrogen (secondary N) is 9. The zero-order valence-corrected chi connectivity index (χ0v) is 79.6. The number of halogens is 2. The lowest BCUT2D eigenvalue weighted by Gasteiger charge is -2.44. The van der Waals surface area contributed by atoms with E-state index in [1.165, 1.54) is 36.4 Å². The van der Waals surface area contributed by atoms with Crippen molar-refractivity contribution in [3.8, 4) is 103 Å². The second kappa shape index (κ2) is 44.5. The number of phenols is 4. The van der Waals surface area contributed by atoms with Gasteiger partial charge in [0.2, 0.25) is 59.7 Å². The Morgan fingerprint density at radius 2 is 0.940 bits per heavy atom. The van der Waals surface area contributed by atoms with Crippen LogP contribution in [0, 0.1) is 0 Å². The van der Waals surface area contributed by atoms with Gasteiger partial charge in [-0.05, 0) is 172 Å². The van der Waals surface area contributed by atoms with Crippen molar-refractivity contribution < 1.29 is 167 Å². The van der Waals surface area contributed by atoms with Crippen LogP contribution in [0.4, 0.5) is 0 Å². The number of benzene rings is 11. The molecule has 778 valence electrons. The van der Waals surface area contributed by atoms with Gasteiger partial charge in [0.1, 0.15) is 173 Å². The van der Waals surface area contributed by atoms with E-state index in [0.29, 0.717) is 34.1 Å². The van der Waals surface area contributed by atoms with Gasteiger partial charge in [0.25, 0.3) is 0 Å². The van der Waals surface area contributed by atoms with Crippen LogP contribution in [0.1, 0.15) is 93.3 Å². The van der Waals surface area contributed by atoms with Gasteiger partial charge in [0.15, 0.2) is 35.3 Å². The van der Waals surface area contributed by atoms with Gasteiger partial charge in [-0.1, -0.05) is 108 Å². The van der Waals surface area contributed by atoms with Gasteiger partial charge in [-0.25, -0.2) is 4.79 Å². The van der Waals surface area contributed by atoms with E-state index in [0.717, 1.165) is 85.8 Å². The molecule has 0 radical (unpaired) electrons. The van der Waals surface area contributed by atoms with E-state index in [1.807, 2.05) is 12.1 Å². The van der Waals surface area contributed by atoms with Crippen LogP contribution in [0.2, 0.25) is 10.0 Å². The van der Waals surface area contributed by atoms with Crippen LogP contribution in [-0.2, 0) is 76.8 Å². The number of carboxylic acids is 1. The number of para-hydroxylation sites is 2. The molecule has 17 bridgehead atoms. The number of hydrogen-bond donors (Lipinski definition) is 24. The number of amides is 7. The molecular formula is C104H99Cl2N9O34. The Balaban J connectivity index is 0.845. The van der Waals surface area contributed by atoms with Crippen LogP contribution in [0.3, 0.4) is 0 Å². The Bertz CT molecular complexity index is 6870. The molecule has 0 aliphatic carbocycles. The monoisotopic (exact) mass is 2090 g/mol. The fourth-order valence-electron chi connectivity index (χ4n) is 18.3. The number of ether oxygens (including phenoxy) is 11. The molecule has 45 heteroatoms. The van der Waals surface area contributed by atoms with Crippen LogP contribution in [0.5, 0.6) is 92.0 Å². The SMILES string of the molecule is CC(=O)N[C@H]1[C@H](O[C@@H]2c3ccc(c(Cl)c3)Oc3cc4cc(c3O[C@@H]3O[C@H](CO)[C@@H](O)[C@H](O)[C@H]3NCc3ccc(Oc5ccccc5)cc3)Oc3ccc(cc3Cl)C[C@H]3NC(=O)[C@H](NCc5ccc(Oc6ccccc6)cc5)c5ccc(O)c(c5)Oc5cc(O)cc(c5)[C@H](NC3=O)C(=O)N[C@H]4C(=O)N[C@H]3C(=O)N[C@@H]2C(=O)N[C@H](C(=O)O)c2cc(O)cc(O[C@H]4O[C@H](CO)[C@@H](O)[C@H](O)[C@@H]4O)c2-c2cc3ccc2O)O[C@H](CO)[C@@H](O)[C@@H]1O. The van der Waals surface area contributed by atoms with Gasteiger partial charge in [-0.2, -0.15) is 0 Å². The summed E-state index contributed by atoms with van der Waals surface area (Å²) in [5.74, 6) is -16.5. The molecule has 24 N–H and O–H groups in total. The molecule has 23 atom stereocenters. The summed E-state index contributed by atoms with van der Waals surface area (Å²) in [6.07, 6.45) is -29.0. The smallest absolute Gasteiger partial charge is 0.330 e. The molecule has 11 aromatic carbocycles. The highest BCUT2D eigenvalue weighted by atomic mass is 35.5. The first kappa shape index (κ1) is 104. The van der Waals surface area contributed by atoms with E-state index < -0.39 is 304 Å². The van der Waals surface area contributed by atoms with Crippen molar-refractivity contribution in [1.29, 1.82) is 0 Å². The van der Waals surface area contributed by atoms with Gasteiger partial charge in [0, 0.05) is 55.3 Å². The van der Waals surface area contributed by atoms with Crippen LogP contribution < -0.4 is 81.0 Å². The molecule has 3 fully saturated rings. The third kappa shape index (κ3) is 22.7. The molecule has 0 aromatic heterocycles. The number of aliphatic hydroxyl groups is 10. The number of carbonyl (C=O) groups excluding carboxylic acids is 7. The predicted octanol–water partition coefficient (Wildman–Crippen LogP) is 5.11. The first-order valence-electron chi connectivity index (χ1n) is 46.7. The molecule has 11 aromatic rings. The molecule has 0 saturated carbocycles. The summed E-state index contributed by atoms with van der Waals surface area (Å²) in [4.78, 5) is 127. The summed E-state index contributed by atoms with van der Waals surface area (Å²) in [6, 6.07) is 33.1. The van der Waals surface area contributed by atoms with E-state index in [4.69, 9.17) is 75.3 Å². The number of aromatic hydroxyl groups is 4. The van der Waals surface area contributed by atoms with Crippen molar-refractivity contribution in [3.63, 3.8) is 0 Å². The average Bonchev–Trinajstić information content (AvgIpc) is 0.757. The first-order chi connectivity index (χ1) is 71.6. The van der Waals surface area contributed by atoms with Gasteiger partial charge in [0.05, 0.1) is 35.9 Å². The summed E-state index contributed by atoms with van der Waals surface area (Å²) >= 11 is 15.0. The highest BCUT2D eigenvalue weighted by molar-refractivity contribution is 6.32. The molecule has 7 amide bonds. The minimum absolute atomic E-state index is 0.0608. The van der Waals surface area contributed by atoms with Crippen molar-refractivity contribution in [2.75, 3.05) is 19.8 Å². The average molecular weight is 2090 g/mol. The summed E-state index contributed by atoms with van der Waals surface area (Å²) in [7, 11) is 0. The molecule has 43 nitrogen and oxygen atoms in total. The number of hydrogen-bond acceptors (Lipinski definition) is 35. The van der Waals surface area contributed by atoms with Crippen LogP contribution in [0.25, 0.3) is 11.1 Å². The topological polar surface area (TPSA) is 650 Å². The number of aliphatic hydroxyl groups excluding tert-OH is 10. The number of rotatable bonds is 21. The third-order valence-corrected chi connectivity index (χ3v) is 26.5. The van der Waals surface area contributed by atoms with Crippen molar-refractivity contribution in [1.82, 2.24) is 47.9 Å². The second-order valence-corrected chi connectivity index (χ2v) is 36.9. The van der Waals surface area contributed by atoms with Gasteiger partial charge in [-0.15, -0.1) is 0 Å². The Labute approximate surface area is 855 Å². The van der Waals surface area contributed by atoms with E-state index in [1.54, 1.807) is 97.1 Å². The van der Waals surface area contributed by atoms with Crippen LogP contribution in [-0.4, -0.2) is 248 Å². The Morgan fingerprint density at radius 1 is 0.423 bits per heavy atom. The summed E-state index contributed by atoms with van der Waals surface area (Å²) < 4.78 is 70.7. The van der Waals surface area contributed by atoms with Crippen molar-refractivity contribution in [2.45, 2.75) is 167 Å². The van der Waals surface area contributed by atoms with Crippen molar-refractivity contribution in [3.05, 3.63) is 285 Å². The molecular weight excluding hydrogens is 1990 g/mol. The maximum absolute atomic E-state index is 17.3. The number of carbonyl (C=O) groups is 8. The van der Waals surface area contributed by atoms with Crippen molar-refractivity contribution >= 4 is 70.5 Å².